The lowest BCUT2D eigenvalue weighted by Crippen LogP contribution is -2.35. The van der Waals surface area contributed by atoms with Gasteiger partial charge in [-0.05, 0) is 30.4 Å². The highest BCUT2D eigenvalue weighted by atomic mass is 16.5. The van der Waals surface area contributed by atoms with Crippen molar-refractivity contribution in [2.45, 2.75) is 39.2 Å². The van der Waals surface area contributed by atoms with E-state index in [1.165, 1.54) is 19.3 Å². The highest BCUT2D eigenvalue weighted by molar-refractivity contribution is 5.61. The van der Waals surface area contributed by atoms with Gasteiger partial charge in [0.2, 0.25) is 0 Å². The van der Waals surface area contributed by atoms with Gasteiger partial charge in [0.05, 0.1) is 18.4 Å². The van der Waals surface area contributed by atoms with E-state index in [9.17, 15) is 5.26 Å². The quantitative estimate of drug-likeness (QED) is 0.896. The number of anilines is 1. The van der Waals surface area contributed by atoms with Crippen molar-refractivity contribution in [2.75, 3.05) is 12.4 Å². The van der Waals surface area contributed by atoms with Crippen molar-refractivity contribution in [3.63, 3.8) is 0 Å². The molecule has 1 saturated carbocycles. The standard InChI is InChI=1S/C16H22N2O/c1-11-5-4-6-15(12(11)2)18-16-9-14(19-3)8-7-13(16)10-17/h7-9,11-12,15,18H,4-6H2,1-3H3. The van der Waals surface area contributed by atoms with E-state index < -0.39 is 0 Å². The highest BCUT2D eigenvalue weighted by Crippen LogP contribution is 2.33. The van der Waals surface area contributed by atoms with E-state index in [0.29, 0.717) is 17.5 Å². The Morgan fingerprint density at radius 1 is 1.32 bits per heavy atom. The van der Waals surface area contributed by atoms with Crippen molar-refractivity contribution in [3.8, 4) is 11.8 Å². The summed E-state index contributed by atoms with van der Waals surface area (Å²) in [5, 5.41) is 12.8. The maximum Gasteiger partial charge on any atom is 0.121 e. The molecule has 1 aromatic carbocycles. The van der Waals surface area contributed by atoms with E-state index in [4.69, 9.17) is 4.74 Å². The third-order valence-corrected chi connectivity index (χ3v) is 4.39. The molecule has 3 atom stereocenters. The minimum atomic E-state index is 0.447. The first-order valence-corrected chi connectivity index (χ1v) is 7.00. The zero-order valence-corrected chi connectivity index (χ0v) is 11.9. The lowest BCUT2D eigenvalue weighted by Gasteiger charge is -2.35. The predicted octanol–water partition coefficient (Wildman–Crippen LogP) is 3.80. The number of nitriles is 1. The molecule has 0 aliphatic heterocycles. The van der Waals surface area contributed by atoms with Crippen LogP contribution in [-0.4, -0.2) is 13.2 Å². The Kier molecular flexibility index (Phi) is 4.31. The van der Waals surface area contributed by atoms with Crippen molar-refractivity contribution in [3.05, 3.63) is 23.8 Å². The van der Waals surface area contributed by atoms with Crippen LogP contribution in [0.4, 0.5) is 5.69 Å². The number of methoxy groups -OCH3 is 1. The number of benzene rings is 1. The van der Waals surface area contributed by atoms with Gasteiger partial charge in [-0.15, -0.1) is 0 Å². The molecule has 0 spiro atoms. The molecule has 19 heavy (non-hydrogen) atoms. The summed E-state index contributed by atoms with van der Waals surface area (Å²) in [5.74, 6) is 2.16. The number of hydrogen-bond acceptors (Lipinski definition) is 3. The van der Waals surface area contributed by atoms with E-state index in [-0.39, 0.29) is 0 Å². The average Bonchev–Trinajstić information content (AvgIpc) is 2.43. The summed E-state index contributed by atoms with van der Waals surface area (Å²) in [5.41, 5.74) is 1.58. The number of nitrogens with one attached hydrogen (secondary N) is 1. The maximum atomic E-state index is 9.20. The van der Waals surface area contributed by atoms with Crippen LogP contribution in [0.15, 0.2) is 18.2 Å². The Labute approximate surface area is 115 Å². The van der Waals surface area contributed by atoms with Crippen molar-refractivity contribution in [2.24, 2.45) is 11.8 Å². The molecule has 3 nitrogen and oxygen atoms in total. The largest absolute Gasteiger partial charge is 0.497 e. The Morgan fingerprint density at radius 2 is 2.11 bits per heavy atom. The molecule has 1 N–H and O–H groups in total. The molecule has 1 aliphatic rings. The molecule has 3 heteroatoms. The maximum absolute atomic E-state index is 9.20. The lowest BCUT2D eigenvalue weighted by atomic mass is 9.78. The fraction of sp³-hybridized carbons (Fsp3) is 0.562. The van der Waals surface area contributed by atoms with Gasteiger partial charge in [0.15, 0.2) is 0 Å². The number of nitrogens with zero attached hydrogens (tertiary/aromatic N) is 1. The van der Waals surface area contributed by atoms with Crippen LogP contribution >= 0.6 is 0 Å². The first kappa shape index (κ1) is 13.7. The van der Waals surface area contributed by atoms with Crippen molar-refractivity contribution < 1.29 is 4.74 Å². The molecule has 0 saturated heterocycles. The van der Waals surface area contributed by atoms with Crippen molar-refractivity contribution >= 4 is 5.69 Å². The van der Waals surface area contributed by atoms with E-state index in [1.807, 2.05) is 18.2 Å². The Balaban J connectivity index is 2.20. The van der Waals surface area contributed by atoms with Gasteiger partial charge in [-0.2, -0.15) is 5.26 Å². The Bertz CT molecular complexity index is 478. The summed E-state index contributed by atoms with van der Waals surface area (Å²) < 4.78 is 5.24. The smallest absolute Gasteiger partial charge is 0.121 e. The molecule has 0 amide bonds. The summed E-state index contributed by atoms with van der Waals surface area (Å²) in [7, 11) is 1.65. The molecule has 1 aromatic rings. The van der Waals surface area contributed by atoms with Crippen LogP contribution in [0.2, 0.25) is 0 Å². The van der Waals surface area contributed by atoms with E-state index in [1.54, 1.807) is 7.11 Å². The van der Waals surface area contributed by atoms with Crippen molar-refractivity contribution in [1.29, 1.82) is 5.26 Å². The summed E-state index contributed by atoms with van der Waals surface area (Å²) in [4.78, 5) is 0. The van der Waals surface area contributed by atoms with Gasteiger partial charge >= 0.3 is 0 Å². The number of ether oxygens (including phenoxy) is 1. The first-order chi connectivity index (χ1) is 9.15. The zero-order valence-electron chi connectivity index (χ0n) is 11.9. The molecule has 0 radical (unpaired) electrons. The number of hydrogen-bond donors (Lipinski definition) is 1. The fourth-order valence-electron chi connectivity index (χ4n) is 2.85. The molecule has 102 valence electrons. The molecule has 0 heterocycles. The van der Waals surface area contributed by atoms with Gasteiger partial charge in [-0.25, -0.2) is 0 Å². The second kappa shape index (κ2) is 5.97. The molecule has 1 aliphatic carbocycles. The predicted molar refractivity (Wildman–Crippen MR) is 77.3 cm³/mol. The monoisotopic (exact) mass is 258 g/mol. The fourth-order valence-corrected chi connectivity index (χ4v) is 2.85. The van der Waals surface area contributed by atoms with Gasteiger partial charge in [0.25, 0.3) is 0 Å². The molecule has 3 unspecified atom stereocenters. The zero-order chi connectivity index (χ0) is 13.8. The summed E-state index contributed by atoms with van der Waals surface area (Å²) in [6.07, 6.45) is 3.74. The number of rotatable bonds is 3. The second-order valence-electron chi connectivity index (χ2n) is 5.54. The Morgan fingerprint density at radius 3 is 2.79 bits per heavy atom. The third-order valence-electron chi connectivity index (χ3n) is 4.39. The minimum absolute atomic E-state index is 0.447. The van der Waals surface area contributed by atoms with E-state index in [0.717, 1.165) is 17.4 Å². The minimum Gasteiger partial charge on any atom is -0.497 e. The lowest BCUT2D eigenvalue weighted by molar-refractivity contribution is 0.253. The molecule has 1 fully saturated rings. The normalized spacial score (nSPS) is 26.5. The molecule has 2 rings (SSSR count). The second-order valence-corrected chi connectivity index (χ2v) is 5.54. The van der Waals surface area contributed by atoms with Crippen LogP contribution in [0.1, 0.15) is 38.7 Å². The topological polar surface area (TPSA) is 45.0 Å². The molecule has 0 bridgehead atoms. The molecular formula is C16H22N2O. The van der Waals surface area contributed by atoms with Crippen LogP contribution in [0, 0.1) is 23.2 Å². The molecule has 0 aromatic heterocycles. The van der Waals surface area contributed by atoms with E-state index >= 15 is 0 Å². The van der Waals surface area contributed by atoms with Crippen LogP contribution in [0.5, 0.6) is 5.75 Å². The molecular weight excluding hydrogens is 236 g/mol. The third kappa shape index (κ3) is 3.01. The van der Waals surface area contributed by atoms with Crippen LogP contribution in [-0.2, 0) is 0 Å². The summed E-state index contributed by atoms with van der Waals surface area (Å²) in [6.45, 7) is 4.61. The van der Waals surface area contributed by atoms with Gasteiger partial charge in [-0.3, -0.25) is 0 Å². The van der Waals surface area contributed by atoms with Gasteiger partial charge in [0.1, 0.15) is 11.8 Å². The Hall–Kier alpha value is -1.69. The van der Waals surface area contributed by atoms with E-state index in [2.05, 4.69) is 25.2 Å². The highest BCUT2D eigenvalue weighted by Gasteiger charge is 2.27. The van der Waals surface area contributed by atoms with Crippen LogP contribution in [0.25, 0.3) is 0 Å². The van der Waals surface area contributed by atoms with Crippen LogP contribution < -0.4 is 10.1 Å². The summed E-state index contributed by atoms with van der Waals surface area (Å²) in [6, 6.07) is 8.26. The summed E-state index contributed by atoms with van der Waals surface area (Å²) >= 11 is 0. The van der Waals surface area contributed by atoms with Gasteiger partial charge in [0, 0.05) is 12.1 Å². The first-order valence-electron chi connectivity index (χ1n) is 7.00. The average molecular weight is 258 g/mol. The van der Waals surface area contributed by atoms with Gasteiger partial charge in [-0.1, -0.05) is 26.7 Å². The SMILES string of the molecule is COc1ccc(C#N)c(NC2CCCC(C)C2C)c1. The van der Waals surface area contributed by atoms with Crippen LogP contribution in [0.3, 0.4) is 0 Å². The van der Waals surface area contributed by atoms with Gasteiger partial charge < -0.3 is 10.1 Å². The van der Waals surface area contributed by atoms with Crippen molar-refractivity contribution in [1.82, 2.24) is 0 Å².